The third kappa shape index (κ3) is 3.18. The van der Waals surface area contributed by atoms with Crippen LogP contribution < -0.4 is 0 Å². The highest BCUT2D eigenvalue weighted by Gasteiger charge is 2.16. The molecule has 0 N–H and O–H groups in total. The fourth-order valence-corrected chi connectivity index (χ4v) is 2.61. The normalized spacial score (nSPS) is 12.5. The Bertz CT molecular complexity index is 596. The maximum Gasteiger partial charge on any atom is 0.162 e. The number of rotatable bonds is 3. The van der Waals surface area contributed by atoms with Crippen molar-refractivity contribution in [2.24, 2.45) is 0 Å². The fraction of sp³-hybridized carbons (Fsp3) is 0.200. The second-order valence-corrected chi connectivity index (χ2v) is 5.51. The zero-order valence-electron chi connectivity index (χ0n) is 10.3. The van der Waals surface area contributed by atoms with Gasteiger partial charge in [-0.3, -0.25) is 0 Å². The van der Waals surface area contributed by atoms with Crippen LogP contribution in [-0.2, 0) is 6.42 Å². The lowest BCUT2D eigenvalue weighted by Gasteiger charge is -2.13. The zero-order chi connectivity index (χ0) is 14.0. The first-order valence-electron chi connectivity index (χ1n) is 5.82. The van der Waals surface area contributed by atoms with E-state index in [1.165, 1.54) is 18.2 Å². The summed E-state index contributed by atoms with van der Waals surface area (Å²) in [5.74, 6) is -2.12. The van der Waals surface area contributed by atoms with E-state index < -0.39 is 16.5 Å². The summed E-state index contributed by atoms with van der Waals surface area (Å²) in [5, 5.41) is 0. The molecule has 2 rings (SSSR count). The summed E-state index contributed by atoms with van der Waals surface area (Å²) < 4.78 is 40.4. The molecule has 0 spiro atoms. The average Bonchev–Trinajstić information content (AvgIpc) is 2.38. The number of halogens is 4. The van der Waals surface area contributed by atoms with Gasteiger partial charge in [0.1, 0.15) is 5.82 Å². The minimum absolute atomic E-state index is 0.184. The van der Waals surface area contributed by atoms with E-state index in [2.05, 4.69) is 15.9 Å². The molecule has 0 aliphatic rings. The quantitative estimate of drug-likeness (QED) is 0.688. The standard InChI is InChI=1S/C15H12BrF3/c1-9-5-6-13(17)11(7-9)12(16)8-10-3-2-4-14(18)15(10)19/h2-7,12H,8H2,1H3. The van der Waals surface area contributed by atoms with Crippen LogP contribution in [0.5, 0.6) is 0 Å². The number of benzene rings is 2. The smallest absolute Gasteiger partial charge is 0.162 e. The monoisotopic (exact) mass is 328 g/mol. The summed E-state index contributed by atoms with van der Waals surface area (Å²) in [6, 6.07) is 8.75. The molecule has 1 atom stereocenters. The molecule has 100 valence electrons. The summed E-state index contributed by atoms with van der Waals surface area (Å²) in [7, 11) is 0. The second kappa shape index (κ2) is 5.78. The third-order valence-electron chi connectivity index (χ3n) is 2.92. The maximum absolute atomic E-state index is 13.7. The van der Waals surface area contributed by atoms with Gasteiger partial charge in [0.2, 0.25) is 0 Å². The topological polar surface area (TPSA) is 0 Å². The van der Waals surface area contributed by atoms with Crippen LogP contribution in [0, 0.1) is 24.4 Å². The van der Waals surface area contributed by atoms with Gasteiger partial charge in [0.15, 0.2) is 11.6 Å². The van der Waals surface area contributed by atoms with E-state index >= 15 is 0 Å². The maximum atomic E-state index is 13.7. The van der Waals surface area contributed by atoms with Crippen molar-refractivity contribution in [1.82, 2.24) is 0 Å². The number of hydrogen-bond donors (Lipinski definition) is 0. The predicted octanol–water partition coefficient (Wildman–Crippen LogP) is 5.09. The van der Waals surface area contributed by atoms with Crippen molar-refractivity contribution >= 4 is 15.9 Å². The van der Waals surface area contributed by atoms with Crippen LogP contribution in [-0.4, -0.2) is 0 Å². The average molecular weight is 329 g/mol. The Morgan fingerprint density at radius 2 is 1.79 bits per heavy atom. The Kier molecular flexibility index (Phi) is 4.30. The molecule has 0 nitrogen and oxygen atoms in total. The van der Waals surface area contributed by atoms with Gasteiger partial charge < -0.3 is 0 Å². The van der Waals surface area contributed by atoms with Crippen LogP contribution in [0.25, 0.3) is 0 Å². The molecule has 1 unspecified atom stereocenters. The van der Waals surface area contributed by atoms with E-state index in [1.807, 2.05) is 6.92 Å². The van der Waals surface area contributed by atoms with Crippen LogP contribution >= 0.6 is 15.9 Å². The molecule has 0 bridgehead atoms. The zero-order valence-corrected chi connectivity index (χ0v) is 11.8. The van der Waals surface area contributed by atoms with Gasteiger partial charge in [-0.15, -0.1) is 0 Å². The summed E-state index contributed by atoms with van der Waals surface area (Å²) in [6.45, 7) is 1.85. The van der Waals surface area contributed by atoms with Crippen molar-refractivity contribution in [3.63, 3.8) is 0 Å². The van der Waals surface area contributed by atoms with Gasteiger partial charge in [0.05, 0.1) is 0 Å². The molecular formula is C15H12BrF3. The van der Waals surface area contributed by atoms with E-state index in [9.17, 15) is 13.2 Å². The number of hydrogen-bond acceptors (Lipinski definition) is 0. The van der Waals surface area contributed by atoms with Gasteiger partial charge in [-0.05, 0) is 31.0 Å². The molecule has 0 aliphatic heterocycles. The highest BCUT2D eigenvalue weighted by Crippen LogP contribution is 2.30. The van der Waals surface area contributed by atoms with E-state index in [-0.39, 0.29) is 17.8 Å². The fourth-order valence-electron chi connectivity index (χ4n) is 1.91. The largest absolute Gasteiger partial charge is 0.207 e. The van der Waals surface area contributed by atoms with Gasteiger partial charge >= 0.3 is 0 Å². The summed E-state index contributed by atoms with van der Waals surface area (Å²) >= 11 is 3.34. The SMILES string of the molecule is Cc1ccc(F)c(C(Br)Cc2cccc(F)c2F)c1. The Labute approximate surface area is 118 Å². The first kappa shape index (κ1) is 14.1. The minimum Gasteiger partial charge on any atom is -0.207 e. The molecule has 0 radical (unpaired) electrons. The predicted molar refractivity (Wildman–Crippen MR) is 72.9 cm³/mol. The van der Waals surface area contributed by atoms with Crippen molar-refractivity contribution in [1.29, 1.82) is 0 Å². The van der Waals surface area contributed by atoms with Crippen LogP contribution in [0.2, 0.25) is 0 Å². The van der Waals surface area contributed by atoms with Gasteiger partial charge in [-0.1, -0.05) is 45.8 Å². The first-order valence-corrected chi connectivity index (χ1v) is 6.73. The van der Waals surface area contributed by atoms with Crippen LogP contribution in [0.1, 0.15) is 21.5 Å². The van der Waals surface area contributed by atoms with Crippen molar-refractivity contribution in [2.75, 3.05) is 0 Å². The Morgan fingerprint density at radius 1 is 1.05 bits per heavy atom. The molecule has 19 heavy (non-hydrogen) atoms. The van der Waals surface area contributed by atoms with E-state index in [0.717, 1.165) is 11.6 Å². The lowest BCUT2D eigenvalue weighted by molar-refractivity contribution is 0.498. The molecule has 0 saturated heterocycles. The molecule has 2 aromatic carbocycles. The Balaban J connectivity index is 2.28. The number of alkyl halides is 1. The summed E-state index contributed by atoms with van der Waals surface area (Å²) in [5.41, 5.74) is 1.59. The molecule has 0 aliphatic carbocycles. The number of aryl methyl sites for hydroxylation is 1. The molecule has 0 amide bonds. The lowest BCUT2D eigenvalue weighted by atomic mass is 10.0. The highest BCUT2D eigenvalue weighted by atomic mass is 79.9. The van der Waals surface area contributed by atoms with E-state index in [1.54, 1.807) is 12.1 Å². The van der Waals surface area contributed by atoms with Gasteiger partial charge in [0, 0.05) is 10.4 Å². The van der Waals surface area contributed by atoms with Gasteiger partial charge in [-0.25, -0.2) is 13.2 Å². The second-order valence-electron chi connectivity index (χ2n) is 4.41. The third-order valence-corrected chi connectivity index (χ3v) is 3.74. The van der Waals surface area contributed by atoms with Crippen LogP contribution in [0.15, 0.2) is 36.4 Å². The minimum atomic E-state index is -0.887. The van der Waals surface area contributed by atoms with Crippen molar-refractivity contribution < 1.29 is 13.2 Å². The molecule has 0 saturated carbocycles. The van der Waals surface area contributed by atoms with Gasteiger partial charge in [-0.2, -0.15) is 0 Å². The van der Waals surface area contributed by atoms with Crippen LogP contribution in [0.3, 0.4) is 0 Å². The lowest BCUT2D eigenvalue weighted by Crippen LogP contribution is -2.02. The van der Waals surface area contributed by atoms with E-state index in [4.69, 9.17) is 0 Å². The van der Waals surface area contributed by atoms with Gasteiger partial charge in [0.25, 0.3) is 0 Å². The van der Waals surface area contributed by atoms with Crippen molar-refractivity contribution in [3.8, 4) is 0 Å². The molecular weight excluding hydrogens is 317 g/mol. The van der Waals surface area contributed by atoms with E-state index in [0.29, 0.717) is 5.56 Å². The molecule has 4 heteroatoms. The summed E-state index contributed by atoms with van der Waals surface area (Å²) in [4.78, 5) is -0.399. The molecule has 2 aromatic rings. The van der Waals surface area contributed by atoms with Crippen molar-refractivity contribution in [2.45, 2.75) is 18.2 Å². The van der Waals surface area contributed by atoms with Crippen LogP contribution in [0.4, 0.5) is 13.2 Å². The first-order chi connectivity index (χ1) is 8.99. The highest BCUT2D eigenvalue weighted by molar-refractivity contribution is 9.09. The summed E-state index contributed by atoms with van der Waals surface area (Å²) in [6.07, 6.45) is 0.184. The molecule has 0 fully saturated rings. The van der Waals surface area contributed by atoms with Crippen molar-refractivity contribution in [3.05, 3.63) is 70.5 Å². The molecule has 0 aromatic heterocycles. The molecule has 0 heterocycles. The Morgan fingerprint density at radius 3 is 2.53 bits per heavy atom. The Hall–Kier alpha value is -1.29.